The minimum absolute atomic E-state index is 0.0463. The van der Waals surface area contributed by atoms with Gasteiger partial charge in [0.1, 0.15) is 5.76 Å². The van der Waals surface area contributed by atoms with E-state index in [-0.39, 0.29) is 17.1 Å². The van der Waals surface area contributed by atoms with Gasteiger partial charge in [-0.2, -0.15) is 0 Å². The van der Waals surface area contributed by atoms with E-state index in [0.717, 1.165) is 0 Å². The van der Waals surface area contributed by atoms with Crippen molar-refractivity contribution in [3.63, 3.8) is 0 Å². The Labute approximate surface area is 137 Å². The molecule has 1 N–H and O–H groups in total. The molecule has 0 bridgehead atoms. The molecule has 22 heavy (non-hydrogen) atoms. The first-order chi connectivity index (χ1) is 10.5. The van der Waals surface area contributed by atoms with Gasteiger partial charge < -0.3 is 5.11 Å². The number of nitrogens with zero attached hydrogens (tertiary/aromatic N) is 1. The fraction of sp³-hybridized carbons (Fsp3) is 0.0588. The first-order valence-corrected chi connectivity index (χ1v) is 7.32. The molecule has 0 spiro atoms. The summed E-state index contributed by atoms with van der Waals surface area (Å²) < 4.78 is 0. The number of rotatable bonds is 2. The minimum atomic E-state index is -0.234. The number of hydrogen-bond donors (Lipinski definition) is 1. The van der Waals surface area contributed by atoms with Crippen LogP contribution in [0.25, 0.3) is 5.76 Å². The van der Waals surface area contributed by atoms with Gasteiger partial charge in [-0.05, 0) is 25.1 Å². The van der Waals surface area contributed by atoms with E-state index in [1.807, 2.05) is 0 Å². The third kappa shape index (κ3) is 2.54. The second-order valence-corrected chi connectivity index (χ2v) is 5.80. The number of aliphatic hydroxyl groups excluding tert-OH is 1. The quantitative estimate of drug-likeness (QED) is 0.764. The van der Waals surface area contributed by atoms with E-state index < -0.39 is 0 Å². The van der Waals surface area contributed by atoms with Crippen LogP contribution in [-0.2, 0) is 0 Å². The maximum absolute atomic E-state index is 12.4. The van der Waals surface area contributed by atoms with E-state index in [0.29, 0.717) is 32.6 Å². The highest BCUT2D eigenvalue weighted by Gasteiger charge is 2.30. The van der Waals surface area contributed by atoms with Gasteiger partial charge in [-0.25, -0.2) is 0 Å². The summed E-state index contributed by atoms with van der Waals surface area (Å²) in [5, 5.41) is 11.2. The molecule has 2 aromatic rings. The standard InChI is InChI=1S/C17H11Cl2NO2/c1-9(20-12-7-10(18)6-11(19)8-12)15-16(21)13-4-2-3-5-14(13)17(15)22/h2-8,21H,1H3. The van der Waals surface area contributed by atoms with Crippen molar-refractivity contribution in [3.05, 3.63) is 69.2 Å². The van der Waals surface area contributed by atoms with Gasteiger partial charge in [0, 0.05) is 21.2 Å². The van der Waals surface area contributed by atoms with Crippen molar-refractivity contribution in [1.82, 2.24) is 0 Å². The Bertz CT molecular complexity index is 833. The molecule has 0 saturated heterocycles. The van der Waals surface area contributed by atoms with E-state index in [2.05, 4.69) is 4.99 Å². The van der Waals surface area contributed by atoms with Crippen molar-refractivity contribution in [2.24, 2.45) is 4.99 Å². The van der Waals surface area contributed by atoms with E-state index in [1.165, 1.54) is 0 Å². The summed E-state index contributed by atoms with van der Waals surface area (Å²) in [5.41, 5.74) is 2.16. The fourth-order valence-corrected chi connectivity index (χ4v) is 2.97. The Morgan fingerprint density at radius 2 is 1.64 bits per heavy atom. The van der Waals surface area contributed by atoms with Crippen molar-refractivity contribution in [3.8, 4) is 0 Å². The monoisotopic (exact) mass is 331 g/mol. The SMILES string of the molecule is CC(=Nc1cc(Cl)cc(Cl)c1)C1=C(O)c2ccccc2C1=O. The van der Waals surface area contributed by atoms with Crippen LogP contribution < -0.4 is 0 Å². The Morgan fingerprint density at radius 3 is 2.23 bits per heavy atom. The molecular weight excluding hydrogens is 321 g/mol. The molecule has 2 aromatic carbocycles. The lowest BCUT2D eigenvalue weighted by Crippen LogP contribution is -2.07. The van der Waals surface area contributed by atoms with Gasteiger partial charge in [0.05, 0.1) is 17.0 Å². The number of aliphatic imine (C=N–C) groups is 1. The molecule has 0 unspecified atom stereocenters. The summed E-state index contributed by atoms with van der Waals surface area (Å²) in [6.07, 6.45) is 0. The molecule has 0 aromatic heterocycles. The van der Waals surface area contributed by atoms with Crippen LogP contribution in [0.5, 0.6) is 0 Å². The lowest BCUT2D eigenvalue weighted by Gasteiger charge is -2.03. The Hall–Kier alpha value is -2.10. The lowest BCUT2D eigenvalue weighted by atomic mass is 10.1. The van der Waals surface area contributed by atoms with Crippen molar-refractivity contribution in [1.29, 1.82) is 0 Å². The van der Waals surface area contributed by atoms with E-state index >= 15 is 0 Å². The van der Waals surface area contributed by atoms with Crippen LogP contribution in [0.1, 0.15) is 22.8 Å². The normalized spacial score (nSPS) is 14.5. The summed E-state index contributed by atoms with van der Waals surface area (Å²) in [5.74, 6) is -0.280. The molecule has 3 nitrogen and oxygen atoms in total. The number of carbonyl (C=O) groups excluding carboxylic acids is 1. The van der Waals surface area contributed by atoms with Crippen LogP contribution in [0.2, 0.25) is 10.0 Å². The fourth-order valence-electron chi connectivity index (χ4n) is 2.45. The van der Waals surface area contributed by atoms with Crippen molar-refractivity contribution < 1.29 is 9.90 Å². The number of aliphatic hydroxyl groups is 1. The molecule has 0 atom stereocenters. The van der Waals surface area contributed by atoms with Crippen molar-refractivity contribution >= 4 is 46.1 Å². The zero-order valence-electron chi connectivity index (χ0n) is 11.6. The zero-order chi connectivity index (χ0) is 15.9. The third-order valence-electron chi connectivity index (χ3n) is 3.40. The van der Waals surface area contributed by atoms with Crippen LogP contribution >= 0.6 is 23.2 Å². The molecule has 5 heteroatoms. The molecule has 1 aliphatic rings. The van der Waals surface area contributed by atoms with Crippen LogP contribution in [-0.4, -0.2) is 16.6 Å². The Kier molecular flexibility index (Phi) is 3.77. The molecule has 0 aliphatic heterocycles. The van der Waals surface area contributed by atoms with Crippen LogP contribution in [0, 0.1) is 0 Å². The first kappa shape index (κ1) is 14.8. The van der Waals surface area contributed by atoms with Crippen LogP contribution in [0.4, 0.5) is 5.69 Å². The predicted octanol–water partition coefficient (Wildman–Crippen LogP) is 5.25. The van der Waals surface area contributed by atoms with Gasteiger partial charge in [-0.1, -0.05) is 47.5 Å². The largest absolute Gasteiger partial charge is 0.506 e. The average Bonchev–Trinajstić information content (AvgIpc) is 2.70. The zero-order valence-corrected chi connectivity index (χ0v) is 13.1. The van der Waals surface area contributed by atoms with Crippen molar-refractivity contribution in [2.45, 2.75) is 6.92 Å². The van der Waals surface area contributed by atoms with Gasteiger partial charge in [-0.15, -0.1) is 0 Å². The summed E-state index contributed by atoms with van der Waals surface area (Å²) in [4.78, 5) is 16.8. The number of allylic oxidation sites excluding steroid dienone is 1. The summed E-state index contributed by atoms with van der Waals surface area (Å²) >= 11 is 11.9. The van der Waals surface area contributed by atoms with E-state index in [1.54, 1.807) is 49.4 Å². The molecule has 110 valence electrons. The number of benzene rings is 2. The number of halogens is 2. The number of carbonyl (C=O) groups is 1. The number of Topliss-reactive ketones (excluding diaryl/α,β-unsaturated/α-hetero) is 1. The Morgan fingerprint density at radius 1 is 1.05 bits per heavy atom. The maximum atomic E-state index is 12.4. The summed E-state index contributed by atoms with van der Waals surface area (Å²) in [6.45, 7) is 1.67. The molecule has 0 saturated carbocycles. The summed E-state index contributed by atoms with van der Waals surface area (Å²) in [6, 6.07) is 11.8. The van der Waals surface area contributed by atoms with E-state index in [4.69, 9.17) is 23.2 Å². The molecule has 0 fully saturated rings. The third-order valence-corrected chi connectivity index (χ3v) is 3.83. The van der Waals surface area contributed by atoms with Gasteiger partial charge in [0.2, 0.25) is 0 Å². The van der Waals surface area contributed by atoms with Gasteiger partial charge >= 0.3 is 0 Å². The predicted molar refractivity (Wildman–Crippen MR) is 89.6 cm³/mol. The highest BCUT2D eigenvalue weighted by molar-refractivity contribution is 6.36. The molecule has 0 heterocycles. The van der Waals surface area contributed by atoms with E-state index in [9.17, 15) is 9.90 Å². The second kappa shape index (κ2) is 5.59. The Balaban J connectivity index is 2.06. The van der Waals surface area contributed by atoms with Crippen LogP contribution in [0.3, 0.4) is 0 Å². The van der Waals surface area contributed by atoms with Crippen LogP contribution in [0.15, 0.2) is 53.0 Å². The van der Waals surface area contributed by atoms with Gasteiger partial charge in [0.15, 0.2) is 5.78 Å². The molecule has 1 aliphatic carbocycles. The highest BCUT2D eigenvalue weighted by Crippen LogP contribution is 2.33. The number of fused-ring (bicyclic) bond motifs is 1. The average molecular weight is 332 g/mol. The molecule has 0 amide bonds. The molecule has 3 rings (SSSR count). The number of hydrogen-bond acceptors (Lipinski definition) is 3. The smallest absolute Gasteiger partial charge is 0.199 e. The second-order valence-electron chi connectivity index (χ2n) is 4.92. The first-order valence-electron chi connectivity index (χ1n) is 6.56. The highest BCUT2D eigenvalue weighted by atomic mass is 35.5. The van der Waals surface area contributed by atoms with Gasteiger partial charge in [-0.3, -0.25) is 9.79 Å². The van der Waals surface area contributed by atoms with Gasteiger partial charge in [0.25, 0.3) is 0 Å². The summed E-state index contributed by atoms with van der Waals surface area (Å²) in [7, 11) is 0. The molecule has 0 radical (unpaired) electrons. The lowest BCUT2D eigenvalue weighted by molar-refractivity contribution is 0.104. The maximum Gasteiger partial charge on any atom is 0.199 e. The molecular formula is C17H11Cl2NO2. The van der Waals surface area contributed by atoms with Crippen molar-refractivity contribution in [2.75, 3.05) is 0 Å². The minimum Gasteiger partial charge on any atom is -0.506 e. The number of ketones is 1. The topological polar surface area (TPSA) is 49.7 Å².